The Morgan fingerprint density at radius 3 is 1.27 bits per heavy atom. The second-order valence-electron chi connectivity index (χ2n) is 9.67. The van der Waals surface area contributed by atoms with Crippen LogP contribution in [0.2, 0.25) is 0 Å². The van der Waals surface area contributed by atoms with Crippen molar-refractivity contribution in [2.24, 2.45) is 0 Å². The van der Waals surface area contributed by atoms with E-state index in [9.17, 15) is 0 Å². The Hall–Kier alpha value is -1.60. The van der Waals surface area contributed by atoms with E-state index in [0.717, 1.165) is 0 Å². The second-order valence-corrected chi connectivity index (χ2v) is 24.4. The number of hydrogen-bond acceptors (Lipinski definition) is 0. The number of allylic oxidation sites excluding steroid dienone is 2. The van der Waals surface area contributed by atoms with Crippen LogP contribution in [0.5, 0.6) is 0 Å². The van der Waals surface area contributed by atoms with E-state index in [0.29, 0.717) is 0 Å². The SMILES string of the molecule is CC1=Cc2c(-c3ccccc3)cccc2[CH]1[Zr]([Cl])([Cl])[CH]1C(C)=Cc2c(-c3ccccc3)cccc21.[Cl-].[Cl-]. The Balaban J connectivity index is 0.00000160. The molecule has 0 saturated carbocycles. The molecule has 0 saturated heterocycles. The Morgan fingerprint density at radius 2 is 0.892 bits per heavy atom. The van der Waals surface area contributed by atoms with Crippen molar-refractivity contribution >= 4 is 29.2 Å². The summed E-state index contributed by atoms with van der Waals surface area (Å²) in [5, 5.41) is 0. The summed E-state index contributed by atoms with van der Waals surface area (Å²) in [4.78, 5) is 0. The molecule has 0 N–H and O–H groups in total. The van der Waals surface area contributed by atoms with Crippen molar-refractivity contribution in [1.29, 1.82) is 0 Å². The quantitative estimate of drug-likeness (QED) is 0.315. The van der Waals surface area contributed by atoms with Gasteiger partial charge in [-0.1, -0.05) is 0 Å². The molecule has 0 aromatic heterocycles. The summed E-state index contributed by atoms with van der Waals surface area (Å²) in [6.07, 6.45) is 4.65. The first-order chi connectivity index (χ1) is 17.0. The molecule has 0 fully saturated rings. The van der Waals surface area contributed by atoms with Crippen molar-refractivity contribution in [2.75, 3.05) is 0 Å². The fraction of sp³-hybridized carbons (Fsp3) is 0.125. The van der Waals surface area contributed by atoms with Gasteiger partial charge in [-0.05, 0) is 0 Å². The van der Waals surface area contributed by atoms with Crippen LogP contribution in [0.4, 0.5) is 0 Å². The number of fused-ring (bicyclic) bond motifs is 2. The summed E-state index contributed by atoms with van der Waals surface area (Å²) in [7, 11) is 15.4. The largest absolute Gasteiger partial charge is 1.00 e. The average molecular weight is 644 g/mol. The van der Waals surface area contributed by atoms with Gasteiger partial charge in [-0.25, -0.2) is 0 Å². The van der Waals surface area contributed by atoms with Gasteiger partial charge in [-0.2, -0.15) is 0 Å². The Kier molecular flexibility index (Phi) is 8.64. The molecule has 2 atom stereocenters. The van der Waals surface area contributed by atoms with Crippen LogP contribution in [0.3, 0.4) is 0 Å². The summed E-state index contributed by atoms with van der Waals surface area (Å²) in [6.45, 7) is 4.43. The minimum Gasteiger partial charge on any atom is -1.00 e. The monoisotopic (exact) mass is 640 g/mol. The molecule has 0 radical (unpaired) electrons. The zero-order valence-electron chi connectivity index (χ0n) is 20.6. The minimum atomic E-state index is -3.87. The van der Waals surface area contributed by atoms with Crippen LogP contribution in [-0.4, -0.2) is 0 Å². The van der Waals surface area contributed by atoms with E-state index in [-0.39, 0.29) is 32.1 Å². The van der Waals surface area contributed by atoms with Gasteiger partial charge in [0.15, 0.2) is 0 Å². The molecule has 5 heteroatoms. The van der Waals surface area contributed by atoms with Crippen molar-refractivity contribution in [3.05, 3.63) is 130 Å². The fourth-order valence-corrected chi connectivity index (χ4v) is 20.4. The van der Waals surface area contributed by atoms with Gasteiger partial charge in [0.05, 0.1) is 0 Å². The summed E-state index contributed by atoms with van der Waals surface area (Å²) in [5.74, 6) is 0. The Bertz CT molecular complexity index is 1380. The number of rotatable bonds is 4. The maximum atomic E-state index is 7.68. The van der Waals surface area contributed by atoms with Crippen LogP contribution >= 0.6 is 17.0 Å². The van der Waals surface area contributed by atoms with Gasteiger partial charge in [0.1, 0.15) is 0 Å². The zero-order chi connectivity index (χ0) is 24.2. The van der Waals surface area contributed by atoms with Crippen molar-refractivity contribution in [3.63, 3.8) is 0 Å². The predicted octanol–water partition coefficient (Wildman–Crippen LogP) is 4.11. The van der Waals surface area contributed by atoms with Gasteiger partial charge in [-0.15, -0.1) is 0 Å². The molecule has 37 heavy (non-hydrogen) atoms. The summed E-state index contributed by atoms with van der Waals surface area (Å²) >= 11 is -3.87. The van der Waals surface area contributed by atoms with E-state index >= 15 is 0 Å². The van der Waals surface area contributed by atoms with Crippen LogP contribution in [0.15, 0.2) is 108 Å². The molecule has 6 rings (SSSR count). The minimum absolute atomic E-state index is 0. The maximum absolute atomic E-state index is 7.68. The van der Waals surface area contributed by atoms with Crippen LogP contribution < -0.4 is 24.8 Å². The third-order valence-electron chi connectivity index (χ3n) is 7.50. The molecule has 4 aromatic carbocycles. The number of halogens is 4. The van der Waals surface area contributed by atoms with E-state index in [1.165, 1.54) is 55.7 Å². The third-order valence-corrected chi connectivity index (χ3v) is 20.2. The zero-order valence-corrected chi connectivity index (χ0v) is 26.0. The van der Waals surface area contributed by atoms with Gasteiger partial charge in [-0.3, -0.25) is 0 Å². The molecule has 0 heterocycles. The number of hydrogen-bond donors (Lipinski definition) is 0. The van der Waals surface area contributed by atoms with E-state index in [2.05, 4.69) is 123 Å². The first-order valence-corrected chi connectivity index (χ1v) is 21.2. The van der Waals surface area contributed by atoms with Gasteiger partial charge in [0, 0.05) is 0 Å². The molecule has 0 bridgehead atoms. The van der Waals surface area contributed by atoms with Crippen LogP contribution in [-0.2, 0) is 17.9 Å². The normalized spacial score (nSPS) is 17.6. The summed E-state index contributed by atoms with van der Waals surface area (Å²) in [5.41, 5.74) is 12.7. The molecule has 0 aliphatic heterocycles. The van der Waals surface area contributed by atoms with Crippen molar-refractivity contribution < 1.29 is 42.7 Å². The molecule has 2 aliphatic carbocycles. The van der Waals surface area contributed by atoms with Gasteiger partial charge in [0.25, 0.3) is 0 Å². The smallest absolute Gasteiger partial charge is 1.00 e. The predicted molar refractivity (Wildman–Crippen MR) is 148 cm³/mol. The number of benzene rings is 4. The fourth-order valence-electron chi connectivity index (χ4n) is 6.03. The van der Waals surface area contributed by atoms with Gasteiger partial charge >= 0.3 is 221 Å². The van der Waals surface area contributed by atoms with E-state index in [4.69, 9.17) is 17.0 Å². The first-order valence-electron chi connectivity index (χ1n) is 12.1. The van der Waals surface area contributed by atoms with Crippen LogP contribution in [0.1, 0.15) is 43.4 Å². The Morgan fingerprint density at radius 1 is 0.514 bits per heavy atom. The van der Waals surface area contributed by atoms with Crippen molar-refractivity contribution in [2.45, 2.75) is 21.1 Å². The van der Waals surface area contributed by atoms with Crippen molar-refractivity contribution in [1.82, 2.24) is 0 Å². The molecule has 2 unspecified atom stereocenters. The molecule has 0 spiro atoms. The molecule has 0 nitrogen and oxygen atoms in total. The molecular weight excluding hydrogens is 617 g/mol. The van der Waals surface area contributed by atoms with Gasteiger partial charge in [0.2, 0.25) is 0 Å². The topological polar surface area (TPSA) is 0 Å². The van der Waals surface area contributed by atoms with Gasteiger partial charge < -0.3 is 24.8 Å². The molecule has 4 aromatic rings. The first kappa shape index (κ1) is 28.4. The van der Waals surface area contributed by atoms with E-state index in [1.807, 2.05) is 0 Å². The van der Waals surface area contributed by atoms with Crippen LogP contribution in [0.25, 0.3) is 34.4 Å². The average Bonchev–Trinajstić information content (AvgIpc) is 3.41. The summed E-state index contributed by atoms with van der Waals surface area (Å²) in [6, 6.07) is 34.4. The second kappa shape index (κ2) is 11.3. The van der Waals surface area contributed by atoms with E-state index < -0.39 is 17.9 Å². The molecule has 2 aliphatic rings. The maximum Gasteiger partial charge on any atom is -1.00 e. The molecule has 188 valence electrons. The molecular formula is C32H26Cl4Zr-2. The Labute approximate surface area is 243 Å². The third kappa shape index (κ3) is 4.84. The van der Waals surface area contributed by atoms with Crippen LogP contribution in [0, 0.1) is 0 Å². The van der Waals surface area contributed by atoms with Crippen molar-refractivity contribution in [3.8, 4) is 22.3 Å². The van der Waals surface area contributed by atoms with E-state index in [1.54, 1.807) is 0 Å². The molecule has 0 amide bonds. The summed E-state index contributed by atoms with van der Waals surface area (Å²) < 4.78 is 0.233. The standard InChI is InChI=1S/2C16H13.4ClH.Zr/c2*1-12-10-14-8-5-9-15(16(14)11-12)13-6-3-2-4-7-13;;;;;/h2*2-11H,1H3;4*1H;/q;;;;;;+2/p-4.